The number of carbonyl (C=O) groups excluding carboxylic acids is 5. The van der Waals surface area contributed by atoms with E-state index >= 15 is 0 Å². The second kappa shape index (κ2) is 11.0. The van der Waals surface area contributed by atoms with Crippen molar-refractivity contribution in [3.8, 4) is 0 Å². The number of aliphatic hydroxyl groups is 1. The van der Waals surface area contributed by atoms with E-state index in [1.54, 1.807) is 13.8 Å². The first kappa shape index (κ1) is 32.6. The number of allylic oxidation sites excluding steroid dienone is 1. The predicted molar refractivity (Wildman–Crippen MR) is 156 cm³/mol. The maximum Gasteiger partial charge on any atom is 0.309 e. The van der Waals surface area contributed by atoms with Crippen molar-refractivity contribution in [2.75, 3.05) is 6.61 Å². The molecule has 0 aromatic heterocycles. The lowest BCUT2D eigenvalue weighted by molar-refractivity contribution is -0.171. The molecule has 9 atom stereocenters. The summed E-state index contributed by atoms with van der Waals surface area (Å²) >= 11 is 0. The molecule has 8 nitrogen and oxygen atoms in total. The van der Waals surface area contributed by atoms with E-state index in [2.05, 4.69) is 20.8 Å². The Morgan fingerprint density at radius 2 is 1.69 bits per heavy atom. The maximum absolute atomic E-state index is 14.3. The van der Waals surface area contributed by atoms with Crippen molar-refractivity contribution in [1.82, 2.24) is 0 Å². The third-order valence-corrected chi connectivity index (χ3v) is 12.1. The molecule has 0 aromatic carbocycles. The Morgan fingerprint density at radius 1 is 1.05 bits per heavy atom. The van der Waals surface area contributed by atoms with Gasteiger partial charge in [0.15, 0.2) is 5.78 Å². The molecule has 0 radical (unpaired) electrons. The molecule has 2 fully saturated rings. The van der Waals surface area contributed by atoms with Gasteiger partial charge in [0.1, 0.15) is 17.7 Å². The minimum absolute atomic E-state index is 0.0168. The second-order valence-corrected chi connectivity index (χ2v) is 14.9. The highest BCUT2D eigenvalue weighted by Crippen LogP contribution is 2.70. The van der Waals surface area contributed by atoms with Crippen LogP contribution in [0.25, 0.3) is 0 Å². The second-order valence-electron chi connectivity index (χ2n) is 14.9. The number of Topliss-reactive ketones (excluding diaryl/α,β-unsaturated/α-hetero) is 3. The van der Waals surface area contributed by atoms with Gasteiger partial charge in [-0.25, -0.2) is 0 Å². The standard InChI is InChI=1S/C34H50O8/c1-10-41-30(40)19(3)14-21(36)13-18(2)22-15-26(39)34(9)29-23(37)16-25-31(5,6)27(42-20(4)35)11-12-32(25,7)28(29)24(38)17-33(22,34)8/h18-19,22-23,25,27,37H,10-17H2,1-9H3/t18-,19?,22-,23+,25?,27+,32+,33-,34+/m1/s1. The van der Waals surface area contributed by atoms with Crippen LogP contribution in [-0.4, -0.2) is 53.2 Å². The highest BCUT2D eigenvalue weighted by Gasteiger charge is 2.70. The first-order chi connectivity index (χ1) is 19.4. The summed E-state index contributed by atoms with van der Waals surface area (Å²) in [6.07, 6.45) is 1.05. The van der Waals surface area contributed by atoms with Gasteiger partial charge in [-0.05, 0) is 67.3 Å². The largest absolute Gasteiger partial charge is 0.466 e. The number of aliphatic hydroxyl groups excluding tert-OH is 1. The lowest BCUT2D eigenvalue weighted by Crippen LogP contribution is -2.61. The number of rotatable bonds is 8. The van der Waals surface area contributed by atoms with Gasteiger partial charge in [-0.3, -0.25) is 24.0 Å². The molecule has 0 saturated heterocycles. The molecule has 2 unspecified atom stereocenters. The van der Waals surface area contributed by atoms with Crippen molar-refractivity contribution in [2.24, 2.45) is 45.3 Å². The zero-order chi connectivity index (χ0) is 31.6. The highest BCUT2D eigenvalue weighted by atomic mass is 16.5. The quantitative estimate of drug-likeness (QED) is 0.386. The fraction of sp³-hybridized carbons (Fsp3) is 0.794. The van der Waals surface area contributed by atoms with Crippen LogP contribution in [0, 0.1) is 45.3 Å². The van der Waals surface area contributed by atoms with Gasteiger partial charge in [-0.2, -0.15) is 0 Å². The van der Waals surface area contributed by atoms with Crippen molar-refractivity contribution in [3.63, 3.8) is 0 Å². The molecular weight excluding hydrogens is 536 g/mol. The Balaban J connectivity index is 1.68. The van der Waals surface area contributed by atoms with Crippen LogP contribution in [0.5, 0.6) is 0 Å². The Kier molecular flexibility index (Phi) is 8.51. The number of esters is 2. The van der Waals surface area contributed by atoms with Crippen molar-refractivity contribution in [1.29, 1.82) is 0 Å². The topological polar surface area (TPSA) is 124 Å². The molecule has 4 rings (SSSR count). The summed E-state index contributed by atoms with van der Waals surface area (Å²) in [4.78, 5) is 65.3. The lowest BCUT2D eigenvalue weighted by atomic mass is 9.42. The normalized spacial score (nSPS) is 38.6. The van der Waals surface area contributed by atoms with Gasteiger partial charge >= 0.3 is 11.9 Å². The zero-order valence-electron chi connectivity index (χ0n) is 26.9. The summed E-state index contributed by atoms with van der Waals surface area (Å²) in [6, 6.07) is 0. The Bertz CT molecular complexity index is 1210. The van der Waals surface area contributed by atoms with Gasteiger partial charge in [-0.15, -0.1) is 0 Å². The van der Waals surface area contributed by atoms with Crippen LogP contribution in [-0.2, 0) is 33.4 Å². The summed E-state index contributed by atoms with van der Waals surface area (Å²) in [5, 5.41) is 11.8. The Morgan fingerprint density at radius 3 is 2.29 bits per heavy atom. The molecule has 4 aliphatic carbocycles. The number of fused-ring (bicyclic) bond motifs is 4. The first-order valence-corrected chi connectivity index (χ1v) is 15.7. The van der Waals surface area contributed by atoms with Gasteiger partial charge in [0.25, 0.3) is 0 Å². The van der Waals surface area contributed by atoms with E-state index in [9.17, 15) is 29.1 Å². The average molecular weight is 587 g/mol. The molecule has 2 saturated carbocycles. The molecule has 1 N–H and O–H groups in total. The lowest BCUT2D eigenvalue weighted by Gasteiger charge is -2.62. The fourth-order valence-corrected chi connectivity index (χ4v) is 9.79. The van der Waals surface area contributed by atoms with E-state index in [0.717, 1.165) is 0 Å². The van der Waals surface area contributed by atoms with E-state index in [4.69, 9.17) is 9.47 Å². The molecular formula is C34H50O8. The molecule has 0 amide bonds. The number of ether oxygens (including phenoxy) is 2. The molecule has 0 heterocycles. The zero-order valence-corrected chi connectivity index (χ0v) is 26.9. The molecule has 0 aliphatic heterocycles. The van der Waals surface area contributed by atoms with E-state index in [1.807, 2.05) is 20.8 Å². The van der Waals surface area contributed by atoms with Crippen LogP contribution in [0.3, 0.4) is 0 Å². The van der Waals surface area contributed by atoms with Crippen LogP contribution >= 0.6 is 0 Å². The first-order valence-electron chi connectivity index (χ1n) is 15.7. The number of hydrogen-bond acceptors (Lipinski definition) is 8. The number of ketones is 3. The van der Waals surface area contributed by atoms with Gasteiger partial charge < -0.3 is 14.6 Å². The highest BCUT2D eigenvalue weighted by molar-refractivity contribution is 6.05. The summed E-state index contributed by atoms with van der Waals surface area (Å²) in [5.74, 6) is -1.84. The minimum Gasteiger partial charge on any atom is -0.466 e. The van der Waals surface area contributed by atoms with E-state index in [1.165, 1.54) is 6.92 Å². The molecule has 0 bridgehead atoms. The molecule has 0 spiro atoms. The van der Waals surface area contributed by atoms with Crippen LogP contribution in [0.1, 0.15) is 107 Å². The molecule has 42 heavy (non-hydrogen) atoms. The molecule has 0 aromatic rings. The average Bonchev–Trinajstić information content (AvgIpc) is 3.08. The van der Waals surface area contributed by atoms with Crippen molar-refractivity contribution >= 4 is 29.3 Å². The van der Waals surface area contributed by atoms with Crippen molar-refractivity contribution in [3.05, 3.63) is 11.1 Å². The predicted octanol–water partition coefficient (Wildman–Crippen LogP) is 5.18. The van der Waals surface area contributed by atoms with Gasteiger partial charge in [-0.1, -0.05) is 41.5 Å². The van der Waals surface area contributed by atoms with E-state index < -0.39 is 39.7 Å². The fourth-order valence-electron chi connectivity index (χ4n) is 9.79. The molecule has 234 valence electrons. The summed E-state index contributed by atoms with van der Waals surface area (Å²) < 4.78 is 10.8. The van der Waals surface area contributed by atoms with Crippen LogP contribution in [0.15, 0.2) is 11.1 Å². The Hall–Kier alpha value is -2.35. The van der Waals surface area contributed by atoms with Gasteiger partial charge in [0.05, 0.1) is 24.0 Å². The molecule has 4 aliphatic rings. The van der Waals surface area contributed by atoms with Crippen LogP contribution in [0.4, 0.5) is 0 Å². The molecule has 8 heteroatoms. The van der Waals surface area contributed by atoms with Crippen LogP contribution < -0.4 is 0 Å². The SMILES string of the molecule is CCOC(=O)C(C)CC(=O)C[C@@H](C)[C@H]1CC(=O)[C@@]2(C)C3=C(C(=O)C[C@]12C)[C@@]1(C)CC[C@H](OC(C)=O)C(C)(C)C1C[C@@H]3O. The van der Waals surface area contributed by atoms with E-state index in [-0.39, 0.29) is 79.5 Å². The van der Waals surface area contributed by atoms with Gasteiger partial charge in [0.2, 0.25) is 0 Å². The van der Waals surface area contributed by atoms with Crippen molar-refractivity contribution in [2.45, 2.75) is 119 Å². The third kappa shape index (κ3) is 4.80. The summed E-state index contributed by atoms with van der Waals surface area (Å²) in [5.41, 5.74) is -1.61. The maximum atomic E-state index is 14.3. The van der Waals surface area contributed by atoms with Crippen LogP contribution in [0.2, 0.25) is 0 Å². The van der Waals surface area contributed by atoms with Gasteiger partial charge in [0, 0.05) is 43.6 Å². The minimum atomic E-state index is -1.03. The van der Waals surface area contributed by atoms with Crippen molar-refractivity contribution < 1.29 is 38.6 Å². The monoisotopic (exact) mass is 586 g/mol. The number of hydrogen-bond donors (Lipinski definition) is 1. The van der Waals surface area contributed by atoms with E-state index in [0.29, 0.717) is 30.4 Å². The third-order valence-electron chi connectivity index (χ3n) is 12.1. The summed E-state index contributed by atoms with van der Waals surface area (Å²) in [6.45, 7) is 17.2. The number of carbonyl (C=O) groups is 5. The summed E-state index contributed by atoms with van der Waals surface area (Å²) in [7, 11) is 0. The Labute approximate surface area is 250 Å². The smallest absolute Gasteiger partial charge is 0.309 e.